The third kappa shape index (κ3) is 2.32. The Morgan fingerprint density at radius 1 is 1.64 bits per heavy atom. The first-order chi connectivity index (χ1) is 6.65. The average Bonchev–Trinajstić information content (AvgIpc) is 2.51. The van der Waals surface area contributed by atoms with Gasteiger partial charge in [-0.2, -0.15) is 5.10 Å². The van der Waals surface area contributed by atoms with Crippen LogP contribution in [0.15, 0.2) is 6.20 Å². The number of nitrogens with one attached hydrogen (secondary N) is 2. The molecule has 0 bridgehead atoms. The minimum Gasteiger partial charge on any atom is -0.462 e. The third-order valence-corrected chi connectivity index (χ3v) is 1.43. The number of amides is 1. The van der Waals surface area contributed by atoms with Crippen LogP contribution in [-0.4, -0.2) is 28.7 Å². The van der Waals surface area contributed by atoms with Crippen LogP contribution in [0.1, 0.15) is 24.2 Å². The van der Waals surface area contributed by atoms with Crippen molar-refractivity contribution in [1.82, 2.24) is 10.2 Å². The molecule has 1 rings (SSSR count). The first-order valence-electron chi connectivity index (χ1n) is 4.13. The molecular formula is C8H11N3O3. The Labute approximate surface area is 80.6 Å². The standard InChI is InChI=1S/C8H11N3O3/c1-3-14-8(13)6-4-9-11-7(6)10-5(2)12/h4H,3H2,1-2H3,(H2,9,10,11,12). The van der Waals surface area contributed by atoms with Crippen LogP contribution in [0.4, 0.5) is 5.82 Å². The van der Waals surface area contributed by atoms with Crippen molar-refractivity contribution in [1.29, 1.82) is 0 Å². The maximum absolute atomic E-state index is 11.3. The normalized spacial score (nSPS) is 9.57. The fraction of sp³-hybridized carbons (Fsp3) is 0.375. The molecule has 0 radical (unpaired) electrons. The van der Waals surface area contributed by atoms with Gasteiger partial charge in [0.15, 0.2) is 5.82 Å². The van der Waals surface area contributed by atoms with E-state index in [2.05, 4.69) is 15.5 Å². The van der Waals surface area contributed by atoms with Crippen LogP contribution in [0.3, 0.4) is 0 Å². The number of ether oxygens (including phenoxy) is 1. The molecule has 1 heterocycles. The summed E-state index contributed by atoms with van der Waals surface area (Å²) in [6.07, 6.45) is 1.38. The van der Waals surface area contributed by atoms with Crippen LogP contribution in [0.2, 0.25) is 0 Å². The molecule has 0 fully saturated rings. The van der Waals surface area contributed by atoms with E-state index in [9.17, 15) is 9.59 Å². The number of H-pyrrole nitrogens is 1. The lowest BCUT2D eigenvalue weighted by atomic mass is 10.3. The molecule has 2 N–H and O–H groups in total. The van der Waals surface area contributed by atoms with Crippen molar-refractivity contribution in [2.75, 3.05) is 11.9 Å². The number of esters is 1. The molecule has 0 aromatic carbocycles. The minimum atomic E-state index is -0.509. The zero-order chi connectivity index (χ0) is 10.6. The van der Waals surface area contributed by atoms with Crippen molar-refractivity contribution in [2.45, 2.75) is 13.8 Å². The van der Waals surface area contributed by atoms with Gasteiger partial charge in [-0.1, -0.05) is 0 Å². The summed E-state index contributed by atoms with van der Waals surface area (Å²) in [6, 6.07) is 0. The highest BCUT2D eigenvalue weighted by atomic mass is 16.5. The van der Waals surface area contributed by atoms with E-state index in [1.54, 1.807) is 6.92 Å². The summed E-state index contributed by atoms with van der Waals surface area (Å²) in [5.74, 6) is -0.608. The molecule has 76 valence electrons. The predicted molar refractivity (Wildman–Crippen MR) is 48.8 cm³/mol. The van der Waals surface area contributed by atoms with Gasteiger partial charge in [-0.05, 0) is 6.92 Å². The fourth-order valence-electron chi connectivity index (χ4n) is 0.916. The molecule has 1 aromatic rings. The summed E-state index contributed by atoms with van der Waals surface area (Å²) in [7, 11) is 0. The Morgan fingerprint density at radius 3 is 2.93 bits per heavy atom. The number of aromatic nitrogens is 2. The first-order valence-corrected chi connectivity index (χ1v) is 4.13. The number of nitrogens with zero attached hydrogens (tertiary/aromatic N) is 1. The van der Waals surface area contributed by atoms with E-state index in [1.807, 2.05) is 0 Å². The molecule has 14 heavy (non-hydrogen) atoms. The summed E-state index contributed by atoms with van der Waals surface area (Å²) in [4.78, 5) is 22.0. The second-order valence-electron chi connectivity index (χ2n) is 2.55. The summed E-state index contributed by atoms with van der Waals surface area (Å²) >= 11 is 0. The van der Waals surface area contributed by atoms with Gasteiger partial charge >= 0.3 is 5.97 Å². The van der Waals surface area contributed by atoms with Gasteiger partial charge in [0.05, 0.1) is 6.61 Å². The van der Waals surface area contributed by atoms with E-state index in [1.165, 1.54) is 13.1 Å². The van der Waals surface area contributed by atoms with Crippen LogP contribution in [0, 0.1) is 0 Å². The summed E-state index contributed by atoms with van der Waals surface area (Å²) in [5.41, 5.74) is 0.224. The van der Waals surface area contributed by atoms with Gasteiger partial charge < -0.3 is 10.1 Å². The summed E-state index contributed by atoms with van der Waals surface area (Å²) in [5, 5.41) is 8.59. The highest BCUT2D eigenvalue weighted by Gasteiger charge is 2.15. The Balaban J connectivity index is 2.81. The van der Waals surface area contributed by atoms with E-state index in [0.717, 1.165) is 0 Å². The third-order valence-electron chi connectivity index (χ3n) is 1.43. The van der Waals surface area contributed by atoms with Crippen molar-refractivity contribution in [3.05, 3.63) is 11.8 Å². The van der Waals surface area contributed by atoms with Gasteiger partial charge in [0.25, 0.3) is 0 Å². The minimum absolute atomic E-state index is 0.191. The van der Waals surface area contributed by atoms with E-state index in [0.29, 0.717) is 0 Å². The number of anilines is 1. The highest BCUT2D eigenvalue weighted by molar-refractivity contribution is 5.99. The summed E-state index contributed by atoms with van der Waals surface area (Å²) in [6.45, 7) is 3.32. The molecule has 0 saturated heterocycles. The van der Waals surface area contributed by atoms with Gasteiger partial charge in [-0.25, -0.2) is 4.79 Å². The molecule has 0 aliphatic heterocycles. The Hall–Kier alpha value is -1.85. The van der Waals surface area contributed by atoms with E-state index in [4.69, 9.17) is 4.74 Å². The molecule has 0 aliphatic carbocycles. The van der Waals surface area contributed by atoms with Crippen molar-refractivity contribution >= 4 is 17.7 Å². The molecule has 1 aromatic heterocycles. The Morgan fingerprint density at radius 2 is 2.36 bits per heavy atom. The van der Waals surface area contributed by atoms with Gasteiger partial charge in [-0.3, -0.25) is 9.89 Å². The van der Waals surface area contributed by atoms with Crippen molar-refractivity contribution in [2.24, 2.45) is 0 Å². The van der Waals surface area contributed by atoms with Gasteiger partial charge in [-0.15, -0.1) is 0 Å². The second-order valence-corrected chi connectivity index (χ2v) is 2.55. The molecule has 0 unspecified atom stereocenters. The highest BCUT2D eigenvalue weighted by Crippen LogP contribution is 2.11. The SMILES string of the molecule is CCOC(=O)c1c[nH]nc1NC(C)=O. The molecule has 0 spiro atoms. The molecule has 0 aliphatic rings. The lowest BCUT2D eigenvalue weighted by Gasteiger charge is -2.01. The van der Waals surface area contributed by atoms with E-state index in [-0.39, 0.29) is 23.9 Å². The number of hydrogen-bond donors (Lipinski definition) is 2. The van der Waals surface area contributed by atoms with Crippen LogP contribution in [-0.2, 0) is 9.53 Å². The van der Waals surface area contributed by atoms with Crippen molar-refractivity contribution < 1.29 is 14.3 Å². The summed E-state index contributed by atoms with van der Waals surface area (Å²) < 4.78 is 4.76. The van der Waals surface area contributed by atoms with Crippen LogP contribution in [0.25, 0.3) is 0 Å². The first kappa shape index (κ1) is 10.2. The number of carbonyl (C=O) groups is 2. The number of hydrogen-bond acceptors (Lipinski definition) is 4. The van der Waals surface area contributed by atoms with E-state index < -0.39 is 5.97 Å². The van der Waals surface area contributed by atoms with Crippen LogP contribution in [0.5, 0.6) is 0 Å². The number of aromatic amines is 1. The molecular weight excluding hydrogens is 186 g/mol. The quantitative estimate of drug-likeness (QED) is 0.693. The zero-order valence-electron chi connectivity index (χ0n) is 7.96. The largest absolute Gasteiger partial charge is 0.462 e. The van der Waals surface area contributed by atoms with Crippen LogP contribution >= 0.6 is 0 Å². The molecule has 6 nitrogen and oxygen atoms in total. The average molecular weight is 197 g/mol. The maximum atomic E-state index is 11.3. The molecule has 0 saturated carbocycles. The van der Waals surface area contributed by atoms with E-state index >= 15 is 0 Å². The zero-order valence-corrected chi connectivity index (χ0v) is 7.96. The second kappa shape index (κ2) is 4.40. The topological polar surface area (TPSA) is 84.1 Å². The number of rotatable bonds is 3. The maximum Gasteiger partial charge on any atom is 0.343 e. The fourth-order valence-corrected chi connectivity index (χ4v) is 0.916. The molecule has 0 atom stereocenters. The Kier molecular flexibility index (Phi) is 3.22. The van der Waals surface area contributed by atoms with Gasteiger partial charge in [0.2, 0.25) is 5.91 Å². The smallest absolute Gasteiger partial charge is 0.343 e. The monoisotopic (exact) mass is 197 g/mol. The Bertz CT molecular complexity index is 345. The van der Waals surface area contributed by atoms with Crippen LogP contribution < -0.4 is 5.32 Å². The predicted octanol–water partition coefficient (Wildman–Crippen LogP) is 0.545. The van der Waals surface area contributed by atoms with Gasteiger partial charge in [0.1, 0.15) is 5.56 Å². The lowest BCUT2D eigenvalue weighted by molar-refractivity contribution is -0.114. The number of carbonyl (C=O) groups excluding carboxylic acids is 2. The molecule has 1 amide bonds. The lowest BCUT2D eigenvalue weighted by Crippen LogP contribution is -2.11. The van der Waals surface area contributed by atoms with Crippen molar-refractivity contribution in [3.63, 3.8) is 0 Å². The van der Waals surface area contributed by atoms with Crippen molar-refractivity contribution in [3.8, 4) is 0 Å². The van der Waals surface area contributed by atoms with Gasteiger partial charge in [0, 0.05) is 13.1 Å². The molecule has 6 heteroatoms.